The first-order valence-electron chi connectivity index (χ1n) is 7.80. The molecule has 0 unspecified atom stereocenters. The van der Waals surface area contributed by atoms with Gasteiger partial charge in [0.1, 0.15) is 17.0 Å². The molecule has 0 aliphatic carbocycles. The van der Waals surface area contributed by atoms with Crippen LogP contribution in [0, 0.1) is 0 Å². The molecule has 0 saturated heterocycles. The van der Waals surface area contributed by atoms with Crippen LogP contribution in [-0.2, 0) is 6.54 Å². The zero-order chi connectivity index (χ0) is 18.6. The molecule has 0 fully saturated rings. The Balaban J connectivity index is 1.79. The van der Waals surface area contributed by atoms with Crippen LogP contribution in [0.1, 0.15) is 22.5 Å². The molecule has 0 radical (unpaired) electrons. The van der Waals surface area contributed by atoms with E-state index in [9.17, 15) is 18.0 Å². The van der Waals surface area contributed by atoms with Gasteiger partial charge in [-0.15, -0.1) is 11.3 Å². The van der Waals surface area contributed by atoms with Crippen molar-refractivity contribution >= 4 is 17.2 Å². The number of rotatable bonds is 6. The number of benzene rings is 1. The van der Waals surface area contributed by atoms with Crippen LogP contribution in [0.3, 0.4) is 0 Å². The fourth-order valence-corrected chi connectivity index (χ4v) is 3.15. The van der Waals surface area contributed by atoms with Crippen molar-refractivity contribution in [3.8, 4) is 10.6 Å². The molecule has 136 valence electrons. The molecule has 4 nitrogen and oxygen atoms in total. The van der Waals surface area contributed by atoms with Gasteiger partial charge in [-0.25, -0.2) is 4.98 Å². The number of alkyl halides is 3. The summed E-state index contributed by atoms with van der Waals surface area (Å²) >= 11 is 1.24. The number of aromatic nitrogens is 1. The van der Waals surface area contributed by atoms with E-state index in [0.717, 1.165) is 11.1 Å². The molecule has 2 heterocycles. The van der Waals surface area contributed by atoms with Gasteiger partial charge in [-0.2, -0.15) is 13.2 Å². The van der Waals surface area contributed by atoms with E-state index in [4.69, 9.17) is 4.42 Å². The van der Waals surface area contributed by atoms with Gasteiger partial charge >= 0.3 is 6.18 Å². The third kappa shape index (κ3) is 4.72. The number of carbonyl (C=O) groups excluding carboxylic acids is 1. The summed E-state index contributed by atoms with van der Waals surface area (Å²) in [4.78, 5) is 18.2. The SMILES string of the molecule is O=C(c1csc(-c2ccoc2)n1)N(CCC(F)(F)F)Cc1ccccc1. The van der Waals surface area contributed by atoms with Gasteiger partial charge in [0.2, 0.25) is 0 Å². The van der Waals surface area contributed by atoms with E-state index in [0.29, 0.717) is 5.01 Å². The van der Waals surface area contributed by atoms with Crippen molar-refractivity contribution in [2.24, 2.45) is 0 Å². The maximum atomic E-state index is 12.7. The van der Waals surface area contributed by atoms with Crippen LogP contribution in [0.25, 0.3) is 10.6 Å². The molecule has 8 heteroatoms. The summed E-state index contributed by atoms with van der Waals surface area (Å²) in [5.41, 5.74) is 1.61. The van der Waals surface area contributed by atoms with Crippen molar-refractivity contribution in [1.82, 2.24) is 9.88 Å². The third-order valence-electron chi connectivity index (χ3n) is 3.66. The van der Waals surface area contributed by atoms with Gasteiger partial charge in [-0.1, -0.05) is 30.3 Å². The lowest BCUT2D eigenvalue weighted by atomic mass is 10.2. The summed E-state index contributed by atoms with van der Waals surface area (Å²) in [6.07, 6.45) is -2.41. The number of thiazole rings is 1. The predicted molar refractivity (Wildman–Crippen MR) is 91.7 cm³/mol. The van der Waals surface area contributed by atoms with E-state index >= 15 is 0 Å². The van der Waals surface area contributed by atoms with Gasteiger partial charge in [0, 0.05) is 24.0 Å². The van der Waals surface area contributed by atoms with Crippen LogP contribution in [0.4, 0.5) is 13.2 Å². The maximum Gasteiger partial charge on any atom is 0.390 e. The quantitative estimate of drug-likeness (QED) is 0.605. The first-order valence-corrected chi connectivity index (χ1v) is 8.68. The molecule has 3 rings (SSSR count). The van der Waals surface area contributed by atoms with Crippen LogP contribution in [-0.4, -0.2) is 28.5 Å². The van der Waals surface area contributed by atoms with Crippen molar-refractivity contribution in [2.45, 2.75) is 19.1 Å². The second kappa shape index (κ2) is 7.74. The summed E-state index contributed by atoms with van der Waals surface area (Å²) < 4.78 is 42.9. The summed E-state index contributed by atoms with van der Waals surface area (Å²) in [7, 11) is 0. The Morgan fingerprint density at radius 2 is 1.96 bits per heavy atom. The normalized spacial score (nSPS) is 11.5. The first kappa shape index (κ1) is 18.2. The number of nitrogens with zero attached hydrogens (tertiary/aromatic N) is 2. The smallest absolute Gasteiger partial charge is 0.390 e. The molecule has 1 aromatic carbocycles. The Kier molecular flexibility index (Phi) is 5.41. The number of amides is 1. The van der Waals surface area contributed by atoms with E-state index in [-0.39, 0.29) is 12.2 Å². The van der Waals surface area contributed by atoms with Crippen molar-refractivity contribution in [3.63, 3.8) is 0 Å². The predicted octanol–water partition coefficient (Wildman–Crippen LogP) is 5.00. The number of furan rings is 1. The fourth-order valence-electron chi connectivity index (χ4n) is 2.37. The lowest BCUT2D eigenvalue weighted by Crippen LogP contribution is -2.34. The minimum atomic E-state index is -4.33. The number of carbonyl (C=O) groups is 1. The van der Waals surface area contributed by atoms with Crippen LogP contribution in [0.5, 0.6) is 0 Å². The van der Waals surface area contributed by atoms with Crippen molar-refractivity contribution in [2.75, 3.05) is 6.54 Å². The minimum Gasteiger partial charge on any atom is -0.472 e. The third-order valence-corrected chi connectivity index (χ3v) is 4.55. The zero-order valence-electron chi connectivity index (χ0n) is 13.6. The highest BCUT2D eigenvalue weighted by Gasteiger charge is 2.30. The maximum absolute atomic E-state index is 12.7. The number of hydrogen-bond donors (Lipinski definition) is 0. The van der Waals surface area contributed by atoms with Crippen LogP contribution >= 0.6 is 11.3 Å². The Morgan fingerprint density at radius 3 is 2.62 bits per heavy atom. The average molecular weight is 380 g/mol. The van der Waals surface area contributed by atoms with Gasteiger partial charge in [0.05, 0.1) is 12.7 Å². The number of hydrogen-bond acceptors (Lipinski definition) is 4. The van der Waals surface area contributed by atoms with Gasteiger partial charge in [0.25, 0.3) is 5.91 Å². The molecule has 0 atom stereocenters. The molecule has 1 amide bonds. The van der Waals surface area contributed by atoms with Crippen LogP contribution in [0.15, 0.2) is 58.7 Å². The number of halogens is 3. The highest BCUT2D eigenvalue weighted by atomic mass is 32.1. The first-order chi connectivity index (χ1) is 12.4. The van der Waals surface area contributed by atoms with Gasteiger partial charge in [0.15, 0.2) is 0 Å². The minimum absolute atomic E-state index is 0.0916. The van der Waals surface area contributed by atoms with Gasteiger partial charge in [-0.05, 0) is 11.6 Å². The van der Waals surface area contributed by atoms with E-state index in [1.54, 1.807) is 35.7 Å². The molecule has 2 aromatic heterocycles. The Morgan fingerprint density at radius 1 is 1.19 bits per heavy atom. The summed E-state index contributed by atoms with van der Waals surface area (Å²) in [6, 6.07) is 10.6. The molecule has 0 aliphatic heterocycles. The standard InChI is InChI=1S/C18H15F3N2O2S/c19-18(20,21)7-8-23(10-13-4-2-1-3-5-13)17(24)15-12-26-16(22-15)14-6-9-25-11-14/h1-6,9,11-12H,7-8,10H2. The summed E-state index contributed by atoms with van der Waals surface area (Å²) in [6.45, 7) is -0.329. The van der Waals surface area contributed by atoms with Gasteiger partial charge in [-0.3, -0.25) is 4.79 Å². The molecule has 0 N–H and O–H groups in total. The van der Waals surface area contributed by atoms with Crippen LogP contribution in [0.2, 0.25) is 0 Å². The van der Waals surface area contributed by atoms with Gasteiger partial charge < -0.3 is 9.32 Å². The summed E-state index contributed by atoms with van der Waals surface area (Å²) in [5, 5.41) is 2.13. The fraction of sp³-hybridized carbons (Fsp3) is 0.222. The van der Waals surface area contributed by atoms with E-state index in [2.05, 4.69) is 4.98 Å². The van der Waals surface area contributed by atoms with Crippen molar-refractivity contribution < 1.29 is 22.4 Å². The molecule has 26 heavy (non-hydrogen) atoms. The molecular weight excluding hydrogens is 365 g/mol. The van der Waals surface area contributed by atoms with E-state index in [1.165, 1.54) is 28.8 Å². The lowest BCUT2D eigenvalue weighted by Gasteiger charge is -2.22. The highest BCUT2D eigenvalue weighted by Crippen LogP contribution is 2.26. The summed E-state index contributed by atoms with van der Waals surface area (Å²) in [5.74, 6) is -0.524. The monoisotopic (exact) mass is 380 g/mol. The molecular formula is C18H15F3N2O2S. The molecule has 0 spiro atoms. The topological polar surface area (TPSA) is 46.3 Å². The molecule has 3 aromatic rings. The van der Waals surface area contributed by atoms with E-state index < -0.39 is 25.0 Å². The second-order valence-electron chi connectivity index (χ2n) is 5.63. The Hall–Kier alpha value is -2.61. The lowest BCUT2D eigenvalue weighted by molar-refractivity contribution is -0.136. The average Bonchev–Trinajstić information content (AvgIpc) is 3.29. The largest absolute Gasteiger partial charge is 0.472 e. The zero-order valence-corrected chi connectivity index (χ0v) is 14.4. The molecule has 0 aliphatic rings. The Labute approximate surface area is 151 Å². The van der Waals surface area contributed by atoms with E-state index in [1.807, 2.05) is 6.07 Å². The molecule has 0 saturated carbocycles. The van der Waals surface area contributed by atoms with Crippen molar-refractivity contribution in [1.29, 1.82) is 0 Å². The molecule has 0 bridgehead atoms. The second-order valence-corrected chi connectivity index (χ2v) is 6.49. The van der Waals surface area contributed by atoms with Crippen LogP contribution < -0.4 is 0 Å². The highest BCUT2D eigenvalue weighted by molar-refractivity contribution is 7.13. The van der Waals surface area contributed by atoms with Crippen molar-refractivity contribution in [3.05, 3.63) is 65.6 Å². The Bertz CT molecular complexity index is 845.